The molecule has 0 saturated carbocycles. The van der Waals surface area contributed by atoms with Gasteiger partial charge in [-0.15, -0.1) is 11.3 Å². The third kappa shape index (κ3) is 4.85. The number of hydrogen-bond acceptors (Lipinski definition) is 10. The van der Waals surface area contributed by atoms with E-state index in [-0.39, 0.29) is 72.8 Å². The van der Waals surface area contributed by atoms with Gasteiger partial charge in [-0.05, 0) is 44.1 Å². The number of likely N-dealkylation sites (N-methyl/N-ethyl adjacent to an activating group) is 1. The Morgan fingerprint density at radius 1 is 1.15 bits per heavy atom. The number of nitrogens with zero attached hydrogens (tertiary/aromatic N) is 7. The molecule has 1 unspecified atom stereocenters. The predicted octanol–water partition coefficient (Wildman–Crippen LogP) is 6.29. The van der Waals surface area contributed by atoms with Crippen LogP contribution in [0.15, 0.2) is 36.5 Å². The summed E-state index contributed by atoms with van der Waals surface area (Å²) >= 11 is 7.97. The van der Waals surface area contributed by atoms with E-state index in [2.05, 4.69) is 40.3 Å². The minimum atomic E-state index is -0.766. The molecule has 8 rings (SSSR count). The summed E-state index contributed by atoms with van der Waals surface area (Å²) in [6, 6.07) is 6.77. The Bertz CT molecular complexity index is 2140. The zero-order chi connectivity index (χ0) is 32.4. The quantitative estimate of drug-likeness (QED) is 0.215. The monoisotopic (exact) mass is 674 g/mol. The lowest BCUT2D eigenvalue weighted by Gasteiger charge is -2.29. The van der Waals surface area contributed by atoms with Gasteiger partial charge in [0.25, 0.3) is 0 Å². The van der Waals surface area contributed by atoms with Gasteiger partial charge in [-0.2, -0.15) is 20.3 Å². The Hall–Kier alpha value is -4.51. The Morgan fingerprint density at radius 2 is 2.02 bits per heavy atom. The van der Waals surface area contributed by atoms with Crippen molar-refractivity contribution in [2.24, 2.45) is 0 Å². The van der Waals surface area contributed by atoms with Gasteiger partial charge in [0.15, 0.2) is 11.6 Å². The summed E-state index contributed by atoms with van der Waals surface area (Å²) in [5.74, 6) is -0.714. The van der Waals surface area contributed by atoms with Crippen molar-refractivity contribution >= 4 is 54.7 Å². The second-order valence-electron chi connectivity index (χ2n) is 12.0. The number of nitrogen functional groups attached to an aromatic ring is 1. The van der Waals surface area contributed by atoms with Gasteiger partial charge in [-0.3, -0.25) is 9.58 Å². The average Bonchev–Trinajstić information content (AvgIpc) is 3.75. The lowest BCUT2D eigenvalue weighted by molar-refractivity contribution is 0.0999. The van der Waals surface area contributed by atoms with Gasteiger partial charge in [-0.25, -0.2) is 8.78 Å². The number of allylic oxidation sites excluding steroid dienone is 1. The molecule has 1 saturated heterocycles. The first-order valence-electron chi connectivity index (χ1n) is 15.4. The van der Waals surface area contributed by atoms with Gasteiger partial charge in [0.1, 0.15) is 40.9 Å². The van der Waals surface area contributed by atoms with E-state index >= 15 is 4.39 Å². The minimum Gasteiger partial charge on any atom is -0.489 e. The van der Waals surface area contributed by atoms with Crippen molar-refractivity contribution in [2.75, 3.05) is 37.4 Å². The van der Waals surface area contributed by atoms with E-state index in [4.69, 9.17) is 31.8 Å². The maximum absolute atomic E-state index is 17.2. The average molecular weight is 675 g/mol. The van der Waals surface area contributed by atoms with Gasteiger partial charge in [0.05, 0.1) is 46.0 Å². The minimum absolute atomic E-state index is 0.0328. The molecule has 2 aromatic carbocycles. The summed E-state index contributed by atoms with van der Waals surface area (Å²) < 4.78 is 47.1. The van der Waals surface area contributed by atoms with Crippen LogP contribution in [0.3, 0.4) is 0 Å². The summed E-state index contributed by atoms with van der Waals surface area (Å²) in [6.45, 7) is 2.57. The smallest absolute Gasteiger partial charge is 0.319 e. The molecule has 10 nitrogen and oxygen atoms in total. The third-order valence-electron chi connectivity index (χ3n) is 9.28. The van der Waals surface area contributed by atoms with Crippen LogP contribution in [0.1, 0.15) is 30.5 Å². The lowest BCUT2D eigenvalue weighted by Crippen LogP contribution is -2.40. The topological polar surface area (TPSA) is 118 Å². The van der Waals surface area contributed by atoms with Crippen molar-refractivity contribution in [1.29, 1.82) is 5.26 Å². The van der Waals surface area contributed by atoms with Crippen LogP contribution in [-0.2, 0) is 13.1 Å². The highest BCUT2D eigenvalue weighted by molar-refractivity contribution is 7.23. The highest BCUT2D eigenvalue weighted by Gasteiger charge is 2.35. The van der Waals surface area contributed by atoms with Crippen molar-refractivity contribution < 1.29 is 18.3 Å². The van der Waals surface area contributed by atoms with Crippen molar-refractivity contribution in [2.45, 2.75) is 44.5 Å². The SMILES string of the molecule is CN1CCC[C@H]1C1C/C=C\Cn2nccc2CN2CCOc3c(Cl)c(-c4ccc(F)c5sc(N)c(C#N)c45)c(F)c4nc(nc2c34)O1. The predicted molar refractivity (Wildman–Crippen MR) is 177 cm³/mol. The summed E-state index contributed by atoms with van der Waals surface area (Å²) in [4.78, 5) is 13.9. The number of aromatic nitrogens is 4. The van der Waals surface area contributed by atoms with Crippen LogP contribution >= 0.6 is 22.9 Å². The Kier molecular flexibility index (Phi) is 7.39. The van der Waals surface area contributed by atoms with Crippen LogP contribution in [0.5, 0.6) is 11.8 Å². The molecule has 0 aliphatic carbocycles. The second-order valence-corrected chi connectivity index (χ2v) is 13.4. The zero-order valence-electron chi connectivity index (χ0n) is 25.3. The fraction of sp³-hybridized carbons (Fsp3) is 0.333. The number of nitriles is 1. The van der Waals surface area contributed by atoms with E-state index < -0.39 is 11.6 Å². The van der Waals surface area contributed by atoms with E-state index in [0.29, 0.717) is 37.3 Å². The summed E-state index contributed by atoms with van der Waals surface area (Å²) in [6.07, 6.45) is 8.22. The van der Waals surface area contributed by atoms with E-state index in [0.717, 1.165) is 36.4 Å². The fourth-order valence-corrected chi connectivity index (χ4v) is 8.28. The van der Waals surface area contributed by atoms with Crippen LogP contribution in [0, 0.1) is 23.0 Å². The van der Waals surface area contributed by atoms with Gasteiger partial charge in [0.2, 0.25) is 0 Å². The molecule has 6 heterocycles. The highest BCUT2D eigenvalue weighted by Crippen LogP contribution is 2.50. The molecule has 2 atom stereocenters. The number of rotatable bonds is 2. The Labute approximate surface area is 277 Å². The molecule has 0 amide bonds. The highest BCUT2D eigenvalue weighted by atomic mass is 35.5. The van der Waals surface area contributed by atoms with Gasteiger partial charge >= 0.3 is 6.01 Å². The van der Waals surface area contributed by atoms with Crippen molar-refractivity contribution in [1.82, 2.24) is 24.6 Å². The van der Waals surface area contributed by atoms with Crippen LogP contribution in [-0.4, -0.2) is 63.5 Å². The number of likely N-dealkylation sites (tertiary alicyclic amines) is 1. The van der Waals surface area contributed by atoms with Crippen LogP contribution in [0.25, 0.3) is 32.1 Å². The molecule has 5 aromatic rings. The number of halogens is 3. The first-order chi connectivity index (χ1) is 22.8. The number of anilines is 2. The van der Waals surface area contributed by atoms with Crippen LogP contribution in [0.4, 0.5) is 19.6 Å². The molecule has 3 aromatic heterocycles. The molecular formula is C33H29ClF2N8O2S. The number of thiophene rings is 1. The Morgan fingerprint density at radius 3 is 2.83 bits per heavy atom. The van der Waals surface area contributed by atoms with Crippen LogP contribution < -0.4 is 20.1 Å². The molecule has 240 valence electrons. The first kappa shape index (κ1) is 29.9. The molecule has 47 heavy (non-hydrogen) atoms. The van der Waals surface area contributed by atoms with E-state index in [1.807, 2.05) is 15.6 Å². The molecule has 2 bridgehead atoms. The number of ether oxygens (including phenoxy) is 2. The van der Waals surface area contributed by atoms with Gasteiger partial charge < -0.3 is 20.1 Å². The maximum Gasteiger partial charge on any atom is 0.319 e. The molecule has 0 spiro atoms. The standard InChI is InChI=1S/C33H29ClF2N8O2S/c1-42-11-4-5-21(42)22-6-2-3-12-44-17(9-10-39-44)16-43-13-14-45-29-25-28(40-33(46-22)41-32(25)43)27(36)24(26(29)34)18-7-8-20(35)30-23(18)19(15-37)31(38)47-30/h2-3,7-10,21-22H,4-6,11-14,16,38H2,1H3/b3-2-/t21-,22?/m0/s1. The van der Waals surface area contributed by atoms with Crippen LogP contribution in [0.2, 0.25) is 5.02 Å². The number of fused-ring (bicyclic) bond motifs is 3. The summed E-state index contributed by atoms with van der Waals surface area (Å²) in [5, 5.41) is 15.1. The van der Waals surface area contributed by atoms with E-state index in [1.54, 1.807) is 6.20 Å². The fourth-order valence-electron chi connectivity index (χ4n) is 7.00. The maximum atomic E-state index is 17.2. The zero-order valence-corrected chi connectivity index (χ0v) is 26.9. The van der Waals surface area contributed by atoms with E-state index in [1.165, 1.54) is 12.1 Å². The second kappa shape index (κ2) is 11.6. The molecular weight excluding hydrogens is 646 g/mol. The van der Waals surface area contributed by atoms with Crippen molar-refractivity contribution in [3.05, 3.63) is 64.5 Å². The number of nitrogens with two attached hydrogens (primary N) is 1. The van der Waals surface area contributed by atoms with Gasteiger partial charge in [-0.1, -0.05) is 29.8 Å². The largest absolute Gasteiger partial charge is 0.489 e. The molecule has 14 heteroatoms. The molecule has 0 radical (unpaired) electrons. The lowest BCUT2D eigenvalue weighted by atomic mass is 9.96. The molecule has 3 aliphatic rings. The first-order valence-corrected chi connectivity index (χ1v) is 16.6. The summed E-state index contributed by atoms with van der Waals surface area (Å²) in [5.41, 5.74) is 7.20. The van der Waals surface area contributed by atoms with Crippen molar-refractivity contribution in [3.8, 4) is 29.0 Å². The molecule has 2 N–H and O–H groups in total. The third-order valence-corrected chi connectivity index (χ3v) is 10.7. The Balaban J connectivity index is 1.40. The summed E-state index contributed by atoms with van der Waals surface area (Å²) in [7, 11) is 2.08. The normalized spacial score (nSPS) is 20.5. The van der Waals surface area contributed by atoms with E-state index in [9.17, 15) is 9.65 Å². The van der Waals surface area contributed by atoms with Crippen molar-refractivity contribution in [3.63, 3.8) is 0 Å². The molecule has 1 fully saturated rings. The molecule has 3 aliphatic heterocycles. The number of benzene rings is 2. The van der Waals surface area contributed by atoms with Gasteiger partial charge in [0, 0.05) is 29.6 Å². The number of hydrogen-bond donors (Lipinski definition) is 1.